The fraction of sp³-hybridized carbons (Fsp3) is 0.216. The van der Waals surface area contributed by atoms with Gasteiger partial charge in [-0.05, 0) is 0 Å². The average Bonchev–Trinajstić information content (AvgIpc) is 3.62. The van der Waals surface area contributed by atoms with E-state index in [1.807, 2.05) is 0 Å². The van der Waals surface area contributed by atoms with Crippen LogP contribution in [-0.4, -0.2) is 3.21 Å². The van der Waals surface area contributed by atoms with Gasteiger partial charge in [-0.25, -0.2) is 0 Å². The summed E-state index contributed by atoms with van der Waals surface area (Å²) in [5, 5.41) is 0. The van der Waals surface area contributed by atoms with Crippen molar-refractivity contribution in [2.24, 2.45) is 0 Å². The molecule has 4 aromatic rings. The summed E-state index contributed by atoms with van der Waals surface area (Å²) in [5.74, 6) is 0. The molecule has 6 rings (SSSR count). The topological polar surface area (TPSA) is 0 Å². The number of rotatable bonds is 7. The Kier molecular flexibility index (Phi) is 10.4. The summed E-state index contributed by atoms with van der Waals surface area (Å²) < 4.78 is 2.10. The van der Waals surface area contributed by atoms with E-state index in [2.05, 4.69) is 124 Å². The molecule has 0 fully saturated rings. The van der Waals surface area contributed by atoms with Crippen molar-refractivity contribution >= 4 is 8.78 Å². The number of benzene rings is 4. The van der Waals surface area contributed by atoms with E-state index in [1.165, 1.54) is 22.3 Å². The summed E-state index contributed by atoms with van der Waals surface area (Å²) in [6, 6.07) is 31.8. The number of hydrogen-bond acceptors (Lipinski definition) is 0. The van der Waals surface area contributed by atoms with E-state index in [0.717, 1.165) is 25.7 Å². The minimum absolute atomic E-state index is 0. The summed E-state index contributed by atoms with van der Waals surface area (Å²) >= 11 is -1.15. The predicted molar refractivity (Wildman–Crippen MR) is 160 cm³/mol. The SMILES string of the molecule is CCc1c(CC)c(C2=CC=CC2)c2c(c1CC)-c1ccccc1[CH]2[Zr+2]=[C](c1ccccc1)c1ccccc1.[Cl-].[Cl-]. The number of halogens is 2. The molecule has 2 aliphatic rings. The Balaban J connectivity index is 0.00000185. The van der Waals surface area contributed by atoms with Crippen LogP contribution in [0.4, 0.5) is 0 Å². The van der Waals surface area contributed by atoms with Gasteiger partial charge in [0, 0.05) is 0 Å². The summed E-state index contributed by atoms with van der Waals surface area (Å²) in [6.07, 6.45) is 11.3. The van der Waals surface area contributed by atoms with Gasteiger partial charge in [0.15, 0.2) is 0 Å². The molecule has 0 N–H and O–H groups in total. The zero-order valence-corrected chi connectivity index (χ0v) is 27.4. The van der Waals surface area contributed by atoms with Crippen molar-refractivity contribution in [2.45, 2.75) is 50.1 Å². The van der Waals surface area contributed by atoms with E-state index in [9.17, 15) is 0 Å². The maximum absolute atomic E-state index is 2.44. The van der Waals surface area contributed by atoms with Gasteiger partial charge in [0.05, 0.1) is 0 Å². The van der Waals surface area contributed by atoms with E-state index in [4.69, 9.17) is 0 Å². The van der Waals surface area contributed by atoms with Gasteiger partial charge < -0.3 is 24.8 Å². The average molecular weight is 642 g/mol. The smallest absolute Gasteiger partial charge is 1.00 e. The predicted octanol–water partition coefficient (Wildman–Crippen LogP) is 3.15. The van der Waals surface area contributed by atoms with E-state index in [1.54, 1.807) is 42.2 Å². The minimum atomic E-state index is -1.15. The Bertz CT molecular complexity index is 1540. The van der Waals surface area contributed by atoms with Crippen LogP contribution in [0.3, 0.4) is 0 Å². The molecule has 3 heteroatoms. The van der Waals surface area contributed by atoms with Crippen LogP contribution in [0.25, 0.3) is 16.7 Å². The van der Waals surface area contributed by atoms with Crippen molar-refractivity contribution in [2.75, 3.05) is 0 Å². The van der Waals surface area contributed by atoms with Gasteiger partial charge in [0.25, 0.3) is 0 Å². The second-order valence-electron chi connectivity index (χ2n) is 10.3. The zero-order chi connectivity index (χ0) is 26.1. The van der Waals surface area contributed by atoms with Crippen LogP contribution in [0, 0.1) is 0 Å². The number of allylic oxidation sites excluding steroid dienone is 4. The molecule has 0 heterocycles. The second-order valence-corrected chi connectivity index (χ2v) is 13.6. The quantitative estimate of drug-likeness (QED) is 0.291. The van der Waals surface area contributed by atoms with Crippen LogP contribution in [-0.2, 0) is 42.0 Å². The van der Waals surface area contributed by atoms with Gasteiger partial charge in [-0.15, -0.1) is 0 Å². The van der Waals surface area contributed by atoms with Gasteiger partial charge in [0.1, 0.15) is 0 Å². The first kappa shape index (κ1) is 30.6. The third-order valence-corrected chi connectivity index (χ3v) is 12.6. The Morgan fingerprint density at radius 2 is 1.23 bits per heavy atom. The summed E-state index contributed by atoms with van der Waals surface area (Å²) in [4.78, 5) is 0. The minimum Gasteiger partial charge on any atom is -1.00 e. The molecule has 0 amide bonds. The Hall–Kier alpha value is -2.31. The molecule has 0 aliphatic heterocycles. The van der Waals surface area contributed by atoms with Crippen molar-refractivity contribution < 1.29 is 47.6 Å². The fourth-order valence-corrected chi connectivity index (χ4v) is 11.1. The molecule has 1 unspecified atom stereocenters. The van der Waals surface area contributed by atoms with Gasteiger partial charge in [0.2, 0.25) is 0 Å². The van der Waals surface area contributed by atoms with Crippen molar-refractivity contribution in [3.05, 3.63) is 148 Å². The first-order valence-electron chi connectivity index (χ1n) is 14.2. The molecule has 0 saturated carbocycles. The van der Waals surface area contributed by atoms with Gasteiger partial charge in [-0.3, -0.25) is 0 Å². The first-order valence-corrected chi connectivity index (χ1v) is 16.8. The zero-order valence-electron chi connectivity index (χ0n) is 23.5. The largest absolute Gasteiger partial charge is 1.00 e. The monoisotopic (exact) mass is 639 g/mol. The molecule has 0 spiro atoms. The molecule has 0 aromatic heterocycles. The molecule has 201 valence electrons. The fourth-order valence-electron chi connectivity index (χ4n) is 6.71. The van der Waals surface area contributed by atoms with E-state index >= 15 is 0 Å². The maximum atomic E-state index is 2.44. The molecule has 0 radical (unpaired) electrons. The van der Waals surface area contributed by atoms with Crippen LogP contribution in [0.5, 0.6) is 0 Å². The summed E-state index contributed by atoms with van der Waals surface area (Å²) in [7, 11) is 0. The standard InChI is InChI=1S/C24H25.C13H10.2ClH.Zr/c1-4-18-19(5-2)23(16-11-7-8-12-16)22-15-17-13-9-10-14-21(17)24(22)20(18)6-3;1-3-7-12(8-4-1)11-13-9-5-2-6-10-13;;;/h7-11,13-15H,4-6,12H2,1-3H3;1-10H;2*1H;/q;;;;+2/p-2. The van der Waals surface area contributed by atoms with Crippen molar-refractivity contribution in [3.63, 3.8) is 0 Å². The van der Waals surface area contributed by atoms with Gasteiger partial charge in [-0.1, -0.05) is 0 Å². The van der Waals surface area contributed by atoms with Gasteiger partial charge >= 0.3 is 240 Å². The molecule has 40 heavy (non-hydrogen) atoms. The second kappa shape index (κ2) is 13.6. The van der Waals surface area contributed by atoms with Crippen LogP contribution >= 0.6 is 0 Å². The first-order chi connectivity index (χ1) is 18.8. The molecule has 0 nitrogen and oxygen atoms in total. The number of hydrogen-bond donors (Lipinski definition) is 0. The summed E-state index contributed by atoms with van der Waals surface area (Å²) in [6.45, 7) is 7.10. The van der Waals surface area contributed by atoms with Crippen molar-refractivity contribution in [3.8, 4) is 11.1 Å². The molecule has 2 aliphatic carbocycles. The molecule has 1 atom stereocenters. The van der Waals surface area contributed by atoms with Crippen molar-refractivity contribution in [1.29, 1.82) is 0 Å². The maximum Gasteiger partial charge on any atom is -1.00 e. The normalized spacial score (nSPS) is 14.4. The third kappa shape index (κ3) is 5.34. The molecule has 4 aromatic carbocycles. The number of fused-ring (bicyclic) bond motifs is 3. The van der Waals surface area contributed by atoms with Crippen LogP contribution < -0.4 is 24.8 Å². The summed E-state index contributed by atoms with van der Waals surface area (Å²) in [5.41, 5.74) is 17.0. The molecular formula is C37H35Cl2Zr. The van der Waals surface area contributed by atoms with Crippen LogP contribution in [0.1, 0.15) is 75.3 Å². The Labute approximate surface area is 263 Å². The van der Waals surface area contributed by atoms with Crippen molar-refractivity contribution in [1.82, 2.24) is 0 Å². The third-order valence-electron chi connectivity index (χ3n) is 8.27. The molecule has 0 bridgehead atoms. The van der Waals surface area contributed by atoms with E-state index in [0.29, 0.717) is 3.63 Å². The Morgan fingerprint density at radius 3 is 1.77 bits per heavy atom. The van der Waals surface area contributed by atoms with E-state index in [-0.39, 0.29) is 24.8 Å². The van der Waals surface area contributed by atoms with Gasteiger partial charge in [-0.2, -0.15) is 0 Å². The molecular weight excluding hydrogens is 607 g/mol. The Morgan fingerprint density at radius 1 is 0.675 bits per heavy atom. The van der Waals surface area contributed by atoms with E-state index < -0.39 is 22.8 Å². The van der Waals surface area contributed by atoms with Crippen LogP contribution in [0.15, 0.2) is 103 Å². The van der Waals surface area contributed by atoms with Crippen LogP contribution in [0.2, 0.25) is 0 Å². The molecule has 0 saturated heterocycles.